The van der Waals surface area contributed by atoms with Gasteiger partial charge in [0.25, 0.3) is 5.91 Å². The van der Waals surface area contributed by atoms with Crippen LogP contribution in [0.15, 0.2) is 36.4 Å². The number of rotatable bonds is 4. The maximum absolute atomic E-state index is 14.2. The van der Waals surface area contributed by atoms with E-state index in [2.05, 4.69) is 5.32 Å². The van der Waals surface area contributed by atoms with Crippen molar-refractivity contribution in [1.29, 1.82) is 0 Å². The predicted octanol–water partition coefficient (Wildman–Crippen LogP) is 4.24. The number of benzene rings is 2. The van der Waals surface area contributed by atoms with Crippen molar-refractivity contribution in [2.75, 3.05) is 5.32 Å². The van der Waals surface area contributed by atoms with E-state index in [1.165, 1.54) is 12.1 Å². The van der Waals surface area contributed by atoms with Crippen molar-refractivity contribution in [2.45, 2.75) is 57.1 Å². The zero-order valence-corrected chi connectivity index (χ0v) is 17.7. The van der Waals surface area contributed by atoms with Crippen LogP contribution in [0.3, 0.4) is 0 Å². The first-order valence-corrected chi connectivity index (χ1v) is 11.2. The minimum atomic E-state index is -0.528. The van der Waals surface area contributed by atoms with Crippen LogP contribution in [0, 0.1) is 5.82 Å². The summed E-state index contributed by atoms with van der Waals surface area (Å²) < 4.78 is 15.9. The van der Waals surface area contributed by atoms with E-state index in [0.29, 0.717) is 41.4 Å². The molecule has 1 aromatic heterocycles. The average Bonchev–Trinajstić information content (AvgIpc) is 3.09. The number of halogens is 1. The highest BCUT2D eigenvalue weighted by molar-refractivity contribution is 6.06. The van der Waals surface area contributed by atoms with Crippen LogP contribution in [0.5, 0.6) is 0 Å². The molecule has 1 saturated carbocycles. The summed E-state index contributed by atoms with van der Waals surface area (Å²) in [6.07, 6.45) is 4.68. The molecule has 6 nitrogen and oxygen atoms in total. The summed E-state index contributed by atoms with van der Waals surface area (Å²) in [7, 11) is 0. The summed E-state index contributed by atoms with van der Waals surface area (Å²) >= 11 is 0. The number of hydrogen-bond donors (Lipinski definition) is 3. The molecule has 2 aliphatic rings. The summed E-state index contributed by atoms with van der Waals surface area (Å²) in [6.45, 7) is 0. The lowest BCUT2D eigenvalue weighted by Gasteiger charge is -2.28. The molecule has 1 fully saturated rings. The van der Waals surface area contributed by atoms with Crippen molar-refractivity contribution >= 4 is 28.4 Å². The van der Waals surface area contributed by atoms with Crippen molar-refractivity contribution in [1.82, 2.24) is 4.57 Å². The third kappa shape index (κ3) is 3.56. The molecule has 4 N–H and O–H groups in total. The third-order valence-electron chi connectivity index (χ3n) is 6.71. The minimum absolute atomic E-state index is 0.0157. The van der Waals surface area contributed by atoms with Gasteiger partial charge in [0, 0.05) is 34.8 Å². The number of nitrogens with two attached hydrogens (primary N) is 1. The van der Waals surface area contributed by atoms with Crippen LogP contribution in [0.2, 0.25) is 0 Å². The first-order chi connectivity index (χ1) is 15.4. The number of carbonyl (C=O) groups excluding carboxylic acids is 2. The number of amides is 1. The van der Waals surface area contributed by atoms with Gasteiger partial charge in [-0.3, -0.25) is 14.2 Å². The molecule has 1 aliphatic heterocycles. The fourth-order valence-electron chi connectivity index (χ4n) is 5.15. The number of nitrogens with zero attached hydrogens (tertiary/aromatic N) is 1. The average molecular weight is 435 g/mol. The molecule has 1 amide bonds. The molecule has 166 valence electrons. The minimum Gasteiger partial charge on any atom is -0.393 e. The number of aliphatic hydroxyl groups is 1. The summed E-state index contributed by atoms with van der Waals surface area (Å²) in [6, 6.07) is 10.0. The van der Waals surface area contributed by atoms with Crippen LogP contribution in [0.25, 0.3) is 22.0 Å². The van der Waals surface area contributed by atoms with Crippen LogP contribution >= 0.6 is 0 Å². The van der Waals surface area contributed by atoms with Gasteiger partial charge in [0.15, 0.2) is 0 Å². The lowest BCUT2D eigenvalue weighted by Crippen LogP contribution is -2.29. The third-order valence-corrected chi connectivity index (χ3v) is 6.71. The topological polar surface area (TPSA) is 97.4 Å². The first-order valence-electron chi connectivity index (χ1n) is 11.2. The largest absolute Gasteiger partial charge is 0.393 e. The number of hydrogen-bond acceptors (Lipinski definition) is 4. The second kappa shape index (κ2) is 8.06. The molecular weight excluding hydrogens is 409 g/mol. The maximum Gasteiger partial charge on any atom is 0.250 e. The molecule has 0 radical (unpaired) electrons. The van der Waals surface area contributed by atoms with E-state index in [0.717, 1.165) is 42.5 Å². The van der Waals surface area contributed by atoms with Crippen molar-refractivity contribution in [3.05, 3.63) is 53.5 Å². The standard InChI is InChI=1S/C25H26FN3O3/c26-15-5-11-21-19(13-15)24(22-2-1-3-23(31)29(21)22)14-4-10-18(25(27)32)20(12-14)28-16-6-8-17(30)9-7-16/h4-5,10-13,16-17,28,30H,1-3,6-9H2,(H2,27,32). The molecule has 0 saturated heterocycles. The van der Waals surface area contributed by atoms with E-state index < -0.39 is 5.91 Å². The Hall–Kier alpha value is -3.19. The van der Waals surface area contributed by atoms with Crippen molar-refractivity contribution in [3.8, 4) is 11.1 Å². The molecule has 32 heavy (non-hydrogen) atoms. The lowest BCUT2D eigenvalue weighted by atomic mass is 9.92. The number of fused-ring (bicyclic) bond motifs is 3. The summed E-state index contributed by atoms with van der Waals surface area (Å²) in [5.74, 6) is -0.871. The predicted molar refractivity (Wildman–Crippen MR) is 121 cm³/mol. The molecule has 0 bridgehead atoms. The van der Waals surface area contributed by atoms with E-state index in [1.54, 1.807) is 16.7 Å². The zero-order valence-electron chi connectivity index (χ0n) is 17.7. The highest BCUT2D eigenvalue weighted by atomic mass is 19.1. The molecule has 5 rings (SSSR count). The second-order valence-electron chi connectivity index (χ2n) is 8.84. The Balaban J connectivity index is 1.65. The fraction of sp³-hybridized carbons (Fsp3) is 0.360. The smallest absolute Gasteiger partial charge is 0.250 e. The first kappa shape index (κ1) is 20.7. The van der Waals surface area contributed by atoms with Crippen molar-refractivity contribution in [2.24, 2.45) is 5.73 Å². The van der Waals surface area contributed by atoms with Crippen LogP contribution < -0.4 is 11.1 Å². The highest BCUT2D eigenvalue weighted by Crippen LogP contribution is 2.40. The van der Waals surface area contributed by atoms with Gasteiger partial charge in [0.05, 0.1) is 17.2 Å². The Morgan fingerprint density at radius 3 is 2.62 bits per heavy atom. The van der Waals surface area contributed by atoms with E-state index in [9.17, 15) is 19.1 Å². The van der Waals surface area contributed by atoms with Crippen LogP contribution in [0.1, 0.15) is 59.4 Å². The van der Waals surface area contributed by atoms with E-state index in [1.807, 2.05) is 12.1 Å². The summed E-state index contributed by atoms with van der Waals surface area (Å²) in [5.41, 5.74) is 9.87. The zero-order chi connectivity index (χ0) is 22.4. The summed E-state index contributed by atoms with van der Waals surface area (Å²) in [5, 5.41) is 13.9. The number of aliphatic hydroxyl groups excluding tert-OH is 1. The molecule has 3 aromatic rings. The Morgan fingerprint density at radius 1 is 1.09 bits per heavy atom. The molecule has 2 heterocycles. The summed E-state index contributed by atoms with van der Waals surface area (Å²) in [4.78, 5) is 24.8. The van der Waals surface area contributed by atoms with Crippen molar-refractivity contribution < 1.29 is 19.1 Å². The van der Waals surface area contributed by atoms with Crippen molar-refractivity contribution in [3.63, 3.8) is 0 Å². The van der Waals surface area contributed by atoms with Gasteiger partial charge < -0.3 is 16.2 Å². The number of nitrogens with one attached hydrogen (secondary N) is 1. The van der Waals surface area contributed by atoms with Gasteiger partial charge in [-0.05, 0) is 74.4 Å². The Bertz CT molecular complexity index is 1220. The van der Waals surface area contributed by atoms with Gasteiger partial charge in [-0.1, -0.05) is 6.07 Å². The molecule has 0 atom stereocenters. The Labute approximate surface area is 185 Å². The van der Waals surface area contributed by atoms with E-state index >= 15 is 0 Å². The second-order valence-corrected chi connectivity index (χ2v) is 8.84. The molecule has 0 spiro atoms. The van der Waals surface area contributed by atoms with Gasteiger partial charge in [0.2, 0.25) is 5.91 Å². The molecular formula is C25H26FN3O3. The van der Waals surface area contributed by atoms with Gasteiger partial charge in [0.1, 0.15) is 5.82 Å². The Kier molecular flexibility index (Phi) is 5.21. The molecule has 7 heteroatoms. The molecule has 2 aromatic carbocycles. The number of anilines is 1. The van der Waals surface area contributed by atoms with Crippen LogP contribution in [0.4, 0.5) is 10.1 Å². The van der Waals surface area contributed by atoms with E-state index in [4.69, 9.17) is 5.73 Å². The maximum atomic E-state index is 14.2. The number of primary amides is 1. The highest BCUT2D eigenvalue weighted by Gasteiger charge is 2.27. The normalized spacial score (nSPS) is 20.9. The quantitative estimate of drug-likeness (QED) is 0.571. The van der Waals surface area contributed by atoms with E-state index in [-0.39, 0.29) is 23.9 Å². The van der Waals surface area contributed by atoms with Crippen LogP contribution in [-0.4, -0.2) is 33.6 Å². The lowest BCUT2D eigenvalue weighted by molar-refractivity contribution is 0.0889. The Morgan fingerprint density at radius 2 is 1.88 bits per heavy atom. The fourth-order valence-corrected chi connectivity index (χ4v) is 5.15. The van der Waals surface area contributed by atoms with Gasteiger partial charge >= 0.3 is 0 Å². The monoisotopic (exact) mass is 435 g/mol. The SMILES string of the molecule is NC(=O)c1ccc(-c2c3n(c4ccc(F)cc24)C(=O)CCC3)cc1NC1CCC(O)CC1. The molecule has 1 aliphatic carbocycles. The van der Waals surface area contributed by atoms with Crippen LogP contribution in [-0.2, 0) is 6.42 Å². The van der Waals surface area contributed by atoms with Gasteiger partial charge in [-0.2, -0.15) is 0 Å². The molecule has 0 unspecified atom stereocenters. The number of aromatic nitrogens is 1. The van der Waals surface area contributed by atoms with Gasteiger partial charge in [-0.25, -0.2) is 4.39 Å². The van der Waals surface area contributed by atoms with Gasteiger partial charge in [-0.15, -0.1) is 0 Å². The number of carbonyl (C=O) groups is 2.